The van der Waals surface area contributed by atoms with Crippen molar-refractivity contribution < 1.29 is 33.3 Å². The van der Waals surface area contributed by atoms with Gasteiger partial charge in [-0.25, -0.2) is 28.0 Å². The molecule has 0 aliphatic carbocycles. The minimum Gasteiger partial charge on any atom is -0.385 e. The highest BCUT2D eigenvalue weighted by Crippen LogP contribution is 2.33. The molecule has 4 aromatic rings. The van der Waals surface area contributed by atoms with Gasteiger partial charge in [-0.3, -0.25) is 0 Å². The van der Waals surface area contributed by atoms with Crippen LogP contribution in [0, 0.1) is 17.2 Å². The lowest BCUT2D eigenvalue weighted by molar-refractivity contribution is -2.00. The Labute approximate surface area is 175 Å². The quantitative estimate of drug-likeness (QED) is 0.275. The van der Waals surface area contributed by atoms with Crippen LogP contribution in [0.1, 0.15) is 19.4 Å². The number of benzene rings is 3. The molecule has 30 heavy (non-hydrogen) atoms. The molecule has 158 valence electrons. The van der Waals surface area contributed by atoms with Crippen molar-refractivity contribution >= 4 is 44.3 Å². The third-order valence-corrected chi connectivity index (χ3v) is 4.47. The maximum Gasteiger partial charge on any atom is 0.381 e. The topological polar surface area (TPSA) is 140 Å². The van der Waals surface area contributed by atoms with Gasteiger partial charge in [-0.2, -0.15) is 0 Å². The van der Waals surface area contributed by atoms with Crippen molar-refractivity contribution in [1.29, 1.82) is 0 Å². The molecule has 0 saturated heterocycles. The molecule has 0 atom stereocenters. The molecule has 9 heteroatoms. The molecule has 0 radical (unpaired) electrons. The van der Waals surface area contributed by atoms with Gasteiger partial charge in [0.25, 0.3) is 0 Å². The first-order valence-corrected chi connectivity index (χ1v) is 10.6. The molecule has 0 amide bonds. The van der Waals surface area contributed by atoms with E-state index in [0.717, 1.165) is 52.0 Å². The van der Waals surface area contributed by atoms with Crippen LogP contribution in [0.3, 0.4) is 0 Å². The second kappa shape index (κ2) is 8.95. The number of aromatic nitrogens is 1. The van der Waals surface area contributed by atoms with E-state index in [2.05, 4.69) is 61.7 Å². The third-order valence-electron chi connectivity index (χ3n) is 4.47. The van der Waals surface area contributed by atoms with Crippen molar-refractivity contribution in [2.45, 2.75) is 20.8 Å². The highest BCUT2D eigenvalue weighted by atomic mass is 35.7. The minimum absolute atomic E-state index is 0.798. The van der Waals surface area contributed by atoms with Crippen LogP contribution >= 0.6 is 0 Å². The lowest BCUT2D eigenvalue weighted by Gasteiger charge is -2.17. The molecule has 3 aromatic carbocycles. The molecule has 4 rings (SSSR count). The fourth-order valence-electron chi connectivity index (χ4n) is 3.33. The number of fused-ring (bicyclic) bond motifs is 4. The Morgan fingerprint density at radius 1 is 0.867 bits per heavy atom. The summed E-state index contributed by atoms with van der Waals surface area (Å²) in [5.41, 5.74) is 6.72. The SMILES string of the molecule is CCNc1cc2[o+]c3cc(NCC)c4ccccc4c3nc2cc1C.[O-][Cl+3]([O-])([O-])[O-]. The van der Waals surface area contributed by atoms with E-state index in [-0.39, 0.29) is 0 Å². The summed E-state index contributed by atoms with van der Waals surface area (Å²) in [4.78, 5) is 4.92. The average molecular weight is 432 g/mol. The summed E-state index contributed by atoms with van der Waals surface area (Å²) >= 11 is 0. The summed E-state index contributed by atoms with van der Waals surface area (Å²) in [6.45, 7) is 8.02. The first-order chi connectivity index (χ1) is 14.2. The van der Waals surface area contributed by atoms with E-state index in [1.165, 1.54) is 10.9 Å². The van der Waals surface area contributed by atoms with Crippen molar-refractivity contribution in [2.24, 2.45) is 0 Å². The van der Waals surface area contributed by atoms with Crippen molar-refractivity contribution in [2.75, 3.05) is 23.7 Å². The monoisotopic (exact) mass is 431 g/mol. The molecule has 0 aliphatic rings. The van der Waals surface area contributed by atoms with E-state index in [4.69, 9.17) is 28.0 Å². The number of hydrogen-bond acceptors (Lipinski definition) is 7. The molecule has 0 saturated carbocycles. The van der Waals surface area contributed by atoms with E-state index < -0.39 is 10.2 Å². The molecule has 8 nitrogen and oxygen atoms in total. The van der Waals surface area contributed by atoms with Crippen molar-refractivity contribution in [3.8, 4) is 0 Å². The summed E-state index contributed by atoms with van der Waals surface area (Å²) in [5, 5.41) is 9.08. The number of anilines is 2. The Morgan fingerprint density at radius 3 is 2.07 bits per heavy atom. The van der Waals surface area contributed by atoms with Crippen LogP contribution in [0.25, 0.3) is 33.0 Å². The predicted octanol–water partition coefficient (Wildman–Crippen LogP) is 0.831. The second-order valence-electron chi connectivity index (χ2n) is 6.60. The molecule has 1 heterocycles. The Balaban J connectivity index is 0.000000461. The summed E-state index contributed by atoms with van der Waals surface area (Å²) in [6.07, 6.45) is 0. The van der Waals surface area contributed by atoms with E-state index >= 15 is 0 Å². The van der Waals surface area contributed by atoms with Crippen molar-refractivity contribution in [3.63, 3.8) is 0 Å². The van der Waals surface area contributed by atoms with Crippen LogP contribution < -0.4 is 29.3 Å². The first-order valence-electron chi connectivity index (χ1n) is 9.40. The van der Waals surface area contributed by atoms with Crippen LogP contribution in [-0.2, 0) is 0 Å². The Morgan fingerprint density at radius 2 is 1.43 bits per heavy atom. The zero-order valence-electron chi connectivity index (χ0n) is 16.8. The lowest BCUT2D eigenvalue weighted by Crippen LogP contribution is -2.68. The zero-order valence-corrected chi connectivity index (χ0v) is 17.6. The Hall–Kier alpha value is -2.75. The number of nitrogens with zero attached hydrogens (tertiary/aromatic N) is 1. The van der Waals surface area contributed by atoms with Crippen LogP contribution in [0.2, 0.25) is 0 Å². The van der Waals surface area contributed by atoms with Gasteiger partial charge in [-0.05, 0) is 32.4 Å². The van der Waals surface area contributed by atoms with Crippen LogP contribution in [0.4, 0.5) is 11.4 Å². The van der Waals surface area contributed by atoms with Gasteiger partial charge in [-0.1, -0.05) is 24.3 Å². The summed E-state index contributed by atoms with van der Waals surface area (Å²) in [7, 11) is -4.94. The lowest BCUT2D eigenvalue weighted by atomic mass is 10.1. The molecule has 0 spiro atoms. The molecule has 0 aliphatic heterocycles. The van der Waals surface area contributed by atoms with Gasteiger partial charge in [0.15, 0.2) is 11.0 Å². The van der Waals surface area contributed by atoms with Crippen LogP contribution in [0.15, 0.2) is 46.9 Å². The molecule has 2 N–H and O–H groups in total. The summed E-state index contributed by atoms with van der Waals surface area (Å²) < 4.78 is 40.2. The van der Waals surface area contributed by atoms with Gasteiger partial charge in [0, 0.05) is 29.5 Å². The van der Waals surface area contributed by atoms with Gasteiger partial charge < -0.3 is 10.6 Å². The predicted molar refractivity (Wildman–Crippen MR) is 106 cm³/mol. The number of nitrogens with one attached hydrogen (secondary N) is 2. The maximum atomic E-state index is 8.49. The molecule has 0 unspecified atom stereocenters. The van der Waals surface area contributed by atoms with Gasteiger partial charge in [0.05, 0.1) is 17.8 Å². The van der Waals surface area contributed by atoms with Crippen molar-refractivity contribution in [3.05, 3.63) is 48.0 Å². The fraction of sp³-hybridized carbons (Fsp3) is 0.238. The van der Waals surface area contributed by atoms with E-state index in [1.807, 2.05) is 12.1 Å². The van der Waals surface area contributed by atoms with E-state index in [1.54, 1.807) is 0 Å². The van der Waals surface area contributed by atoms with Crippen molar-refractivity contribution in [1.82, 2.24) is 4.98 Å². The largest absolute Gasteiger partial charge is 0.385 e. The molecular formula is C21H22ClN3O5. The fourth-order valence-corrected chi connectivity index (χ4v) is 3.33. The Bertz CT molecular complexity index is 1190. The maximum absolute atomic E-state index is 8.49. The normalized spacial score (nSPS) is 11.4. The summed E-state index contributed by atoms with van der Waals surface area (Å²) in [6, 6.07) is 14.5. The van der Waals surface area contributed by atoms with Gasteiger partial charge in [-0.15, -0.1) is 10.2 Å². The van der Waals surface area contributed by atoms with Crippen LogP contribution in [0.5, 0.6) is 0 Å². The number of hydrogen-bond donors (Lipinski definition) is 2. The molecule has 0 bridgehead atoms. The highest BCUT2D eigenvalue weighted by Gasteiger charge is 2.19. The smallest absolute Gasteiger partial charge is 0.381 e. The molecule has 0 fully saturated rings. The molecular weight excluding hydrogens is 410 g/mol. The summed E-state index contributed by atoms with van der Waals surface area (Å²) in [5.74, 6) is 0. The first kappa shape index (κ1) is 21.9. The number of halogens is 1. The van der Waals surface area contributed by atoms with Gasteiger partial charge >= 0.3 is 11.2 Å². The number of aryl methyl sites for hydroxylation is 1. The number of rotatable bonds is 4. The van der Waals surface area contributed by atoms with Crippen LogP contribution in [-0.4, -0.2) is 18.1 Å². The van der Waals surface area contributed by atoms with Gasteiger partial charge in [0.2, 0.25) is 0 Å². The van der Waals surface area contributed by atoms with E-state index in [9.17, 15) is 0 Å². The third kappa shape index (κ3) is 5.05. The standard InChI is InChI=1S/C21H22N3O.ClHO4/c1-4-22-16-11-19-18(10-13(16)3)24-21-15-9-7-6-8-14(15)17(23-5-2)12-20(21)25-19;2-1(3,4)5/h6-12,22-23H,4-5H2,1-3H3;(H,2,3,4,5)/q+1;/p-1. The van der Waals surface area contributed by atoms with E-state index in [0.29, 0.717) is 0 Å². The second-order valence-corrected chi connectivity index (χ2v) is 7.36. The minimum atomic E-state index is -4.94. The zero-order chi connectivity index (χ0) is 21.9. The highest BCUT2D eigenvalue weighted by molar-refractivity contribution is 6.10. The Kier molecular flexibility index (Phi) is 6.55. The molecule has 1 aromatic heterocycles. The average Bonchev–Trinajstić information content (AvgIpc) is 2.67. The van der Waals surface area contributed by atoms with Gasteiger partial charge in [0.1, 0.15) is 0 Å².